The van der Waals surface area contributed by atoms with E-state index in [0.717, 1.165) is 0 Å². The van der Waals surface area contributed by atoms with Gasteiger partial charge in [0.15, 0.2) is 0 Å². The third-order valence-corrected chi connectivity index (χ3v) is 2.55. The number of hydrogen-bond acceptors (Lipinski definition) is 5. The highest BCUT2D eigenvalue weighted by molar-refractivity contribution is 6.42. The van der Waals surface area contributed by atoms with Gasteiger partial charge < -0.3 is 10.2 Å². The molecule has 1 aromatic rings. The minimum absolute atomic E-state index is 0.407. The second kappa shape index (κ2) is 5.91. The van der Waals surface area contributed by atoms with Crippen LogP contribution < -0.4 is 16.7 Å². The van der Waals surface area contributed by atoms with Gasteiger partial charge in [0.1, 0.15) is 6.04 Å². The molecule has 1 atom stereocenters. The first-order chi connectivity index (χ1) is 7.54. The Morgan fingerprint density at radius 1 is 1.44 bits per heavy atom. The number of hydrazine groups is 1. The molecule has 0 fully saturated rings. The van der Waals surface area contributed by atoms with Gasteiger partial charge >= 0.3 is 5.97 Å². The zero-order chi connectivity index (χ0) is 12.1. The summed E-state index contributed by atoms with van der Waals surface area (Å²) in [6.45, 7) is 1.63. The summed E-state index contributed by atoms with van der Waals surface area (Å²) in [5, 5.41) is 3.74. The van der Waals surface area contributed by atoms with Gasteiger partial charge in [0.05, 0.1) is 10.0 Å². The Labute approximate surface area is 103 Å². The van der Waals surface area contributed by atoms with Crippen molar-refractivity contribution >= 4 is 34.9 Å². The minimum atomic E-state index is -0.562. The predicted octanol–water partition coefficient (Wildman–Crippen LogP) is 1.72. The van der Waals surface area contributed by atoms with E-state index in [1.807, 2.05) is 5.59 Å². The lowest BCUT2D eigenvalue weighted by molar-refractivity contribution is -0.151. The quantitative estimate of drug-likeness (QED) is 0.570. The number of nitrogens with two attached hydrogens (primary N) is 1. The van der Waals surface area contributed by atoms with Crippen LogP contribution in [0.5, 0.6) is 0 Å². The molecular weight excluding hydrogens is 253 g/mol. The number of benzene rings is 1. The normalized spacial score (nSPS) is 12.0. The van der Waals surface area contributed by atoms with E-state index in [9.17, 15) is 4.79 Å². The number of rotatable bonds is 4. The molecule has 5 nitrogen and oxygen atoms in total. The van der Waals surface area contributed by atoms with E-state index >= 15 is 0 Å². The van der Waals surface area contributed by atoms with Crippen LogP contribution in [0.1, 0.15) is 6.92 Å². The maximum absolute atomic E-state index is 11.2. The summed E-state index contributed by atoms with van der Waals surface area (Å²) in [6, 6.07) is 4.39. The Morgan fingerprint density at radius 3 is 2.69 bits per heavy atom. The zero-order valence-corrected chi connectivity index (χ0v) is 9.97. The second-order valence-electron chi connectivity index (χ2n) is 3.03. The van der Waals surface area contributed by atoms with E-state index in [0.29, 0.717) is 15.7 Å². The Bertz CT molecular complexity index is 387. The zero-order valence-electron chi connectivity index (χ0n) is 8.46. The maximum atomic E-state index is 11.2. The van der Waals surface area contributed by atoms with Crippen LogP contribution in [-0.4, -0.2) is 12.0 Å². The lowest BCUT2D eigenvalue weighted by Crippen LogP contribution is -2.35. The fraction of sp³-hybridized carbons (Fsp3) is 0.222. The fourth-order valence-corrected chi connectivity index (χ4v) is 1.34. The van der Waals surface area contributed by atoms with Crippen molar-refractivity contribution in [2.75, 3.05) is 5.32 Å². The average Bonchev–Trinajstić information content (AvgIpc) is 2.24. The van der Waals surface area contributed by atoms with Crippen LogP contribution in [0.3, 0.4) is 0 Å². The van der Waals surface area contributed by atoms with Crippen molar-refractivity contribution in [3.63, 3.8) is 0 Å². The van der Waals surface area contributed by atoms with Gasteiger partial charge in [-0.1, -0.05) is 28.8 Å². The summed E-state index contributed by atoms with van der Waals surface area (Å²) in [4.78, 5) is 15.6. The van der Waals surface area contributed by atoms with E-state index in [-0.39, 0.29) is 0 Å². The molecule has 0 saturated carbocycles. The van der Waals surface area contributed by atoms with Crippen molar-refractivity contribution in [3.8, 4) is 0 Å². The molecule has 0 spiro atoms. The van der Waals surface area contributed by atoms with E-state index in [1.165, 1.54) is 0 Å². The van der Waals surface area contributed by atoms with E-state index < -0.39 is 12.0 Å². The van der Waals surface area contributed by atoms with E-state index in [1.54, 1.807) is 25.1 Å². The fourth-order valence-electron chi connectivity index (χ4n) is 1.04. The van der Waals surface area contributed by atoms with E-state index in [2.05, 4.69) is 10.2 Å². The molecule has 7 heteroatoms. The summed E-state index contributed by atoms with van der Waals surface area (Å²) in [7, 11) is 0. The number of halogens is 2. The molecule has 1 aromatic carbocycles. The maximum Gasteiger partial charge on any atom is 0.348 e. The molecule has 0 bridgehead atoms. The van der Waals surface area contributed by atoms with Crippen molar-refractivity contribution in [2.45, 2.75) is 13.0 Å². The van der Waals surface area contributed by atoms with Gasteiger partial charge in [0.2, 0.25) is 0 Å². The summed E-state index contributed by atoms with van der Waals surface area (Å²) < 4.78 is 0. The first-order valence-corrected chi connectivity index (χ1v) is 5.18. The molecule has 0 saturated heterocycles. The van der Waals surface area contributed by atoms with Crippen LogP contribution in [0, 0.1) is 0 Å². The molecule has 4 N–H and O–H groups in total. The number of carbonyl (C=O) groups is 1. The number of anilines is 1. The molecular formula is C9H11Cl2N3O2. The van der Waals surface area contributed by atoms with Gasteiger partial charge in [-0.05, 0) is 25.1 Å². The van der Waals surface area contributed by atoms with Crippen molar-refractivity contribution in [3.05, 3.63) is 28.2 Å². The van der Waals surface area contributed by atoms with Crippen LogP contribution in [-0.2, 0) is 9.63 Å². The highest BCUT2D eigenvalue weighted by Gasteiger charge is 2.14. The predicted molar refractivity (Wildman–Crippen MR) is 63.0 cm³/mol. The van der Waals surface area contributed by atoms with Crippen LogP contribution in [0.2, 0.25) is 10.0 Å². The number of nitrogens with one attached hydrogen (secondary N) is 2. The monoisotopic (exact) mass is 263 g/mol. The van der Waals surface area contributed by atoms with Gasteiger partial charge in [0, 0.05) is 5.69 Å². The largest absolute Gasteiger partial charge is 0.372 e. The summed E-state index contributed by atoms with van der Waals surface area (Å²) in [5.41, 5.74) is 2.48. The molecule has 88 valence electrons. The van der Waals surface area contributed by atoms with Crippen molar-refractivity contribution in [1.29, 1.82) is 0 Å². The van der Waals surface area contributed by atoms with Gasteiger partial charge in [-0.25, -0.2) is 10.6 Å². The SMILES string of the molecule is C[C@H](Nc1ccc(Cl)c(Cl)c1)C(=O)ONN. The molecule has 0 amide bonds. The Kier molecular flexibility index (Phi) is 4.82. The average molecular weight is 264 g/mol. The lowest BCUT2D eigenvalue weighted by Gasteiger charge is -2.13. The summed E-state index contributed by atoms with van der Waals surface area (Å²) in [6.07, 6.45) is 0. The second-order valence-corrected chi connectivity index (χ2v) is 3.85. The van der Waals surface area contributed by atoms with Crippen LogP contribution in [0.15, 0.2) is 18.2 Å². The topological polar surface area (TPSA) is 76.4 Å². The van der Waals surface area contributed by atoms with E-state index in [4.69, 9.17) is 29.0 Å². The molecule has 0 aliphatic rings. The molecule has 0 aliphatic carbocycles. The van der Waals surface area contributed by atoms with Crippen LogP contribution in [0.4, 0.5) is 5.69 Å². The Hall–Kier alpha value is -1.01. The van der Waals surface area contributed by atoms with Gasteiger partial charge in [-0.3, -0.25) is 0 Å². The highest BCUT2D eigenvalue weighted by atomic mass is 35.5. The van der Waals surface area contributed by atoms with Gasteiger partial charge in [-0.15, -0.1) is 0 Å². The molecule has 0 aromatic heterocycles. The number of carbonyl (C=O) groups excluding carboxylic acids is 1. The first-order valence-electron chi connectivity index (χ1n) is 4.42. The highest BCUT2D eigenvalue weighted by Crippen LogP contribution is 2.25. The lowest BCUT2D eigenvalue weighted by atomic mass is 10.2. The van der Waals surface area contributed by atoms with Crippen molar-refractivity contribution in [1.82, 2.24) is 5.59 Å². The third kappa shape index (κ3) is 3.53. The third-order valence-electron chi connectivity index (χ3n) is 1.82. The van der Waals surface area contributed by atoms with Gasteiger partial charge in [0.25, 0.3) is 0 Å². The van der Waals surface area contributed by atoms with Crippen molar-refractivity contribution in [2.24, 2.45) is 5.84 Å². The molecule has 0 radical (unpaired) electrons. The van der Waals surface area contributed by atoms with Crippen molar-refractivity contribution < 1.29 is 9.63 Å². The van der Waals surface area contributed by atoms with Crippen LogP contribution >= 0.6 is 23.2 Å². The summed E-state index contributed by atoms with van der Waals surface area (Å²) in [5.74, 6) is 4.31. The molecule has 0 aliphatic heterocycles. The Morgan fingerprint density at radius 2 is 2.12 bits per heavy atom. The standard InChI is InChI=1S/C9H11Cl2N3O2/c1-5(9(15)16-14-12)13-6-2-3-7(10)8(11)4-6/h2-5,13-14H,12H2,1H3/t5-/m0/s1. The molecule has 0 heterocycles. The molecule has 1 rings (SSSR count). The Balaban J connectivity index is 2.66. The molecule has 0 unspecified atom stereocenters. The summed E-state index contributed by atoms with van der Waals surface area (Å²) >= 11 is 11.6. The van der Waals surface area contributed by atoms with Crippen LogP contribution in [0.25, 0.3) is 0 Å². The molecule has 16 heavy (non-hydrogen) atoms. The number of hydrogen-bond donors (Lipinski definition) is 3. The minimum Gasteiger partial charge on any atom is -0.372 e. The smallest absolute Gasteiger partial charge is 0.348 e. The van der Waals surface area contributed by atoms with Gasteiger partial charge in [-0.2, -0.15) is 0 Å². The first kappa shape index (κ1) is 13.1.